The molecule has 0 bridgehead atoms. The molecule has 0 spiro atoms. The third-order valence-corrected chi connectivity index (χ3v) is 5.74. The molecule has 0 N–H and O–H groups in total. The molecule has 24 heavy (non-hydrogen) atoms. The minimum atomic E-state index is 0.220. The van der Waals surface area contributed by atoms with Gasteiger partial charge in [0.05, 0.1) is 0 Å². The molecule has 2 atom stereocenters. The molecule has 2 saturated heterocycles. The zero-order valence-corrected chi connectivity index (χ0v) is 14.4. The standard InChI is InChI=1S/C19H26N2O3/c1-13-2-6-16(24-13)7-9-18(22)20-11-10-17-14(12-20)3-8-19(23)21(17)15-4-5-15/h2,6,14-15,17H,3-5,7-12H2,1H3/t14-,17-/m1/s1. The summed E-state index contributed by atoms with van der Waals surface area (Å²) < 4.78 is 5.55. The van der Waals surface area contributed by atoms with Gasteiger partial charge >= 0.3 is 0 Å². The highest BCUT2D eigenvalue weighted by atomic mass is 16.3. The van der Waals surface area contributed by atoms with Gasteiger partial charge in [0.2, 0.25) is 11.8 Å². The van der Waals surface area contributed by atoms with E-state index in [9.17, 15) is 9.59 Å². The van der Waals surface area contributed by atoms with Crippen LogP contribution in [0.2, 0.25) is 0 Å². The van der Waals surface area contributed by atoms with E-state index in [0.717, 1.165) is 37.5 Å². The number of fused-ring (bicyclic) bond motifs is 1. The lowest BCUT2D eigenvalue weighted by Crippen LogP contribution is -2.57. The Kier molecular flexibility index (Phi) is 4.10. The van der Waals surface area contributed by atoms with Crippen molar-refractivity contribution in [3.05, 3.63) is 23.7 Å². The van der Waals surface area contributed by atoms with Crippen LogP contribution in [0, 0.1) is 12.8 Å². The zero-order chi connectivity index (χ0) is 16.7. The van der Waals surface area contributed by atoms with Gasteiger partial charge in [-0.25, -0.2) is 0 Å². The van der Waals surface area contributed by atoms with Crippen LogP contribution in [0.15, 0.2) is 16.5 Å². The van der Waals surface area contributed by atoms with Crippen LogP contribution in [0.25, 0.3) is 0 Å². The average Bonchev–Trinajstić information content (AvgIpc) is 3.33. The lowest BCUT2D eigenvalue weighted by atomic mass is 9.83. The van der Waals surface area contributed by atoms with Crippen LogP contribution in [0.3, 0.4) is 0 Å². The van der Waals surface area contributed by atoms with Crippen molar-refractivity contribution in [3.63, 3.8) is 0 Å². The fourth-order valence-corrected chi connectivity index (χ4v) is 4.35. The molecule has 130 valence electrons. The molecule has 0 aromatic carbocycles. The average molecular weight is 330 g/mol. The molecule has 3 heterocycles. The summed E-state index contributed by atoms with van der Waals surface area (Å²) in [7, 11) is 0. The van der Waals surface area contributed by atoms with Gasteiger partial charge in [-0.2, -0.15) is 0 Å². The Morgan fingerprint density at radius 3 is 2.79 bits per heavy atom. The van der Waals surface area contributed by atoms with E-state index in [2.05, 4.69) is 4.90 Å². The monoisotopic (exact) mass is 330 g/mol. The number of hydrogen-bond acceptors (Lipinski definition) is 3. The first-order valence-corrected chi connectivity index (χ1v) is 9.26. The Balaban J connectivity index is 1.34. The van der Waals surface area contributed by atoms with Gasteiger partial charge in [-0.15, -0.1) is 0 Å². The minimum absolute atomic E-state index is 0.220. The number of piperidine rings is 2. The Morgan fingerprint density at radius 2 is 2.08 bits per heavy atom. The molecule has 1 saturated carbocycles. The minimum Gasteiger partial charge on any atom is -0.466 e. The third kappa shape index (κ3) is 3.08. The van der Waals surface area contributed by atoms with Crippen LogP contribution >= 0.6 is 0 Å². The van der Waals surface area contributed by atoms with Crippen LogP contribution in [0.5, 0.6) is 0 Å². The second-order valence-corrected chi connectivity index (χ2v) is 7.54. The summed E-state index contributed by atoms with van der Waals surface area (Å²) in [5.74, 6) is 2.81. The predicted molar refractivity (Wildman–Crippen MR) is 89.3 cm³/mol. The molecular formula is C19H26N2O3. The van der Waals surface area contributed by atoms with Crippen LogP contribution in [0.4, 0.5) is 0 Å². The summed E-state index contributed by atoms with van der Waals surface area (Å²) in [6, 6.07) is 4.76. The van der Waals surface area contributed by atoms with Gasteiger partial charge in [0.1, 0.15) is 11.5 Å². The molecule has 1 aromatic heterocycles. The summed E-state index contributed by atoms with van der Waals surface area (Å²) in [5.41, 5.74) is 0. The molecular weight excluding hydrogens is 304 g/mol. The number of aryl methyl sites for hydroxylation is 2. The molecule has 2 amide bonds. The van der Waals surface area contributed by atoms with E-state index in [1.807, 2.05) is 24.0 Å². The van der Waals surface area contributed by atoms with Gasteiger partial charge in [0.25, 0.3) is 0 Å². The van der Waals surface area contributed by atoms with Gasteiger partial charge < -0.3 is 14.2 Å². The summed E-state index contributed by atoms with van der Waals surface area (Å²) in [6.07, 6.45) is 6.05. The first-order valence-electron chi connectivity index (χ1n) is 9.26. The molecule has 2 aliphatic heterocycles. The van der Waals surface area contributed by atoms with E-state index in [1.54, 1.807) is 0 Å². The normalized spacial score (nSPS) is 27.3. The van der Waals surface area contributed by atoms with Crippen molar-refractivity contribution in [2.75, 3.05) is 13.1 Å². The maximum Gasteiger partial charge on any atom is 0.223 e. The highest BCUT2D eigenvalue weighted by Gasteiger charge is 2.45. The van der Waals surface area contributed by atoms with Crippen LogP contribution < -0.4 is 0 Å². The van der Waals surface area contributed by atoms with Crippen molar-refractivity contribution in [1.29, 1.82) is 0 Å². The second-order valence-electron chi connectivity index (χ2n) is 7.54. The summed E-state index contributed by atoms with van der Waals surface area (Å²) in [6.45, 7) is 3.52. The molecule has 3 aliphatic rings. The predicted octanol–water partition coefficient (Wildman–Crippen LogP) is 2.52. The number of furan rings is 1. The van der Waals surface area contributed by atoms with E-state index in [-0.39, 0.29) is 5.91 Å². The van der Waals surface area contributed by atoms with Gasteiger partial charge in [0, 0.05) is 44.4 Å². The zero-order valence-electron chi connectivity index (χ0n) is 14.4. The van der Waals surface area contributed by atoms with E-state index < -0.39 is 0 Å². The Labute approximate surface area is 143 Å². The van der Waals surface area contributed by atoms with Crippen molar-refractivity contribution in [2.45, 2.75) is 64.0 Å². The molecule has 3 fully saturated rings. The van der Waals surface area contributed by atoms with E-state index in [1.165, 1.54) is 12.8 Å². The molecule has 5 nitrogen and oxygen atoms in total. The number of nitrogens with zero attached hydrogens (tertiary/aromatic N) is 2. The van der Waals surface area contributed by atoms with Crippen molar-refractivity contribution < 1.29 is 14.0 Å². The number of amides is 2. The van der Waals surface area contributed by atoms with Crippen molar-refractivity contribution in [3.8, 4) is 0 Å². The molecule has 1 aliphatic carbocycles. The van der Waals surface area contributed by atoms with E-state index in [0.29, 0.717) is 43.2 Å². The maximum atomic E-state index is 12.5. The fourth-order valence-electron chi connectivity index (χ4n) is 4.35. The Hall–Kier alpha value is -1.78. The summed E-state index contributed by atoms with van der Waals surface area (Å²) in [4.78, 5) is 29.0. The number of carbonyl (C=O) groups excluding carboxylic acids is 2. The van der Waals surface area contributed by atoms with E-state index in [4.69, 9.17) is 4.42 Å². The van der Waals surface area contributed by atoms with Crippen LogP contribution in [-0.2, 0) is 16.0 Å². The number of rotatable bonds is 4. The smallest absolute Gasteiger partial charge is 0.223 e. The molecule has 0 radical (unpaired) electrons. The Morgan fingerprint density at radius 1 is 1.25 bits per heavy atom. The van der Waals surface area contributed by atoms with Crippen LogP contribution in [-0.4, -0.2) is 46.8 Å². The largest absolute Gasteiger partial charge is 0.466 e. The highest BCUT2D eigenvalue weighted by molar-refractivity contribution is 5.79. The Bertz CT molecular complexity index is 634. The number of carbonyl (C=O) groups is 2. The SMILES string of the molecule is Cc1ccc(CCC(=O)N2CC[C@@H]3[C@H](CCC(=O)N3C3CC3)C2)o1. The van der Waals surface area contributed by atoms with Crippen molar-refractivity contribution in [1.82, 2.24) is 9.80 Å². The van der Waals surface area contributed by atoms with Crippen molar-refractivity contribution in [2.24, 2.45) is 5.92 Å². The van der Waals surface area contributed by atoms with Gasteiger partial charge in [-0.3, -0.25) is 9.59 Å². The molecule has 1 aromatic rings. The lowest BCUT2D eigenvalue weighted by Gasteiger charge is -2.47. The first-order chi connectivity index (χ1) is 11.6. The fraction of sp³-hybridized carbons (Fsp3) is 0.684. The molecule has 4 rings (SSSR count). The van der Waals surface area contributed by atoms with Gasteiger partial charge in [0.15, 0.2) is 0 Å². The first kappa shape index (κ1) is 15.7. The maximum absolute atomic E-state index is 12.5. The van der Waals surface area contributed by atoms with Gasteiger partial charge in [-0.1, -0.05) is 0 Å². The number of hydrogen-bond donors (Lipinski definition) is 0. The molecule has 0 unspecified atom stereocenters. The lowest BCUT2D eigenvalue weighted by molar-refractivity contribution is -0.145. The van der Waals surface area contributed by atoms with E-state index >= 15 is 0 Å². The second kappa shape index (κ2) is 6.26. The summed E-state index contributed by atoms with van der Waals surface area (Å²) in [5, 5.41) is 0. The highest BCUT2D eigenvalue weighted by Crippen LogP contribution is 2.39. The summed E-state index contributed by atoms with van der Waals surface area (Å²) >= 11 is 0. The topological polar surface area (TPSA) is 53.8 Å². The van der Waals surface area contributed by atoms with Gasteiger partial charge in [-0.05, 0) is 50.7 Å². The molecule has 5 heteroatoms. The number of likely N-dealkylation sites (tertiary alicyclic amines) is 2. The van der Waals surface area contributed by atoms with Crippen molar-refractivity contribution >= 4 is 11.8 Å². The quantitative estimate of drug-likeness (QED) is 0.852. The third-order valence-electron chi connectivity index (χ3n) is 5.74. The van der Waals surface area contributed by atoms with Crippen LogP contribution in [0.1, 0.15) is 50.0 Å².